The van der Waals surface area contributed by atoms with Gasteiger partial charge < -0.3 is 4.74 Å². The van der Waals surface area contributed by atoms with E-state index in [0.717, 1.165) is 0 Å². The molecule has 0 spiro atoms. The summed E-state index contributed by atoms with van der Waals surface area (Å²) < 4.78 is 74.7. The molecule has 1 aromatic rings. The fourth-order valence-electron chi connectivity index (χ4n) is 0.973. The van der Waals surface area contributed by atoms with Crippen molar-refractivity contribution in [2.45, 2.75) is 18.2 Å². The van der Waals surface area contributed by atoms with E-state index in [0.29, 0.717) is 12.3 Å². The number of ether oxygens (including phenoxy) is 1. The van der Waals surface area contributed by atoms with Crippen LogP contribution in [0, 0.1) is 5.95 Å². The largest absolute Gasteiger partial charge is 0.573 e. The Morgan fingerprint density at radius 3 is 2.47 bits per heavy atom. The third-order valence-corrected chi connectivity index (χ3v) is 3.45. The highest BCUT2D eigenvalue weighted by Gasteiger charge is 2.32. The predicted octanol–water partition coefficient (Wildman–Crippen LogP) is 1.91. The van der Waals surface area contributed by atoms with E-state index in [1.165, 1.54) is 6.92 Å². The summed E-state index contributed by atoms with van der Waals surface area (Å²) in [6.07, 6.45) is -4.54. The monoisotopic (exact) mass is 273 g/mol. The molecule has 1 aromatic heterocycles. The van der Waals surface area contributed by atoms with Crippen LogP contribution in [-0.2, 0) is 9.84 Å². The maximum Gasteiger partial charge on any atom is 0.573 e. The van der Waals surface area contributed by atoms with Crippen LogP contribution in [0.25, 0.3) is 0 Å². The summed E-state index contributed by atoms with van der Waals surface area (Å²) >= 11 is 0. The number of nitrogens with zero attached hydrogens (tertiary/aromatic N) is 1. The van der Waals surface area contributed by atoms with Crippen LogP contribution in [0.2, 0.25) is 0 Å². The second-order valence-corrected chi connectivity index (χ2v) is 5.16. The molecule has 0 radical (unpaired) electrons. The van der Waals surface area contributed by atoms with Crippen LogP contribution in [0.15, 0.2) is 17.2 Å². The molecule has 9 heteroatoms. The third-order valence-electron chi connectivity index (χ3n) is 1.73. The molecule has 0 saturated carbocycles. The van der Waals surface area contributed by atoms with Gasteiger partial charge in [0.25, 0.3) is 0 Å². The van der Waals surface area contributed by atoms with E-state index in [2.05, 4.69) is 9.72 Å². The molecule has 17 heavy (non-hydrogen) atoms. The van der Waals surface area contributed by atoms with Gasteiger partial charge in [-0.05, 0) is 0 Å². The number of rotatable bonds is 3. The Morgan fingerprint density at radius 1 is 1.41 bits per heavy atom. The van der Waals surface area contributed by atoms with Crippen LogP contribution in [0.4, 0.5) is 17.6 Å². The highest BCUT2D eigenvalue weighted by atomic mass is 32.2. The molecule has 0 aromatic carbocycles. The van der Waals surface area contributed by atoms with Crippen molar-refractivity contribution in [1.29, 1.82) is 0 Å². The van der Waals surface area contributed by atoms with E-state index in [4.69, 9.17) is 0 Å². The van der Waals surface area contributed by atoms with Gasteiger partial charge in [0.05, 0.1) is 11.9 Å². The smallest absolute Gasteiger partial charge is 0.404 e. The predicted molar refractivity (Wildman–Crippen MR) is 48.6 cm³/mol. The summed E-state index contributed by atoms with van der Waals surface area (Å²) in [6.45, 7) is 1.23. The van der Waals surface area contributed by atoms with E-state index < -0.39 is 38.5 Å². The first-order chi connectivity index (χ1) is 7.65. The van der Waals surface area contributed by atoms with Gasteiger partial charge in [-0.1, -0.05) is 6.92 Å². The summed E-state index contributed by atoms with van der Waals surface area (Å²) in [5.41, 5.74) is 0. The fourth-order valence-corrected chi connectivity index (χ4v) is 1.89. The van der Waals surface area contributed by atoms with Crippen molar-refractivity contribution in [1.82, 2.24) is 4.98 Å². The molecule has 0 bridgehead atoms. The second kappa shape index (κ2) is 4.47. The molecule has 1 heterocycles. The minimum absolute atomic E-state index is 0.453. The number of hydrogen-bond donors (Lipinski definition) is 0. The second-order valence-electron chi connectivity index (χ2n) is 2.91. The lowest BCUT2D eigenvalue weighted by Gasteiger charge is -2.09. The van der Waals surface area contributed by atoms with Crippen LogP contribution in [0.1, 0.15) is 6.92 Å². The van der Waals surface area contributed by atoms with Gasteiger partial charge in [-0.3, -0.25) is 0 Å². The highest BCUT2D eigenvalue weighted by molar-refractivity contribution is 7.91. The standard InChI is InChI=1S/C8H7F4NO3S/c1-2-17(14,15)6-3-5(4-13-7(6)9)16-8(10,11)12/h3-4H,2H2,1H3. The molecule has 0 aliphatic rings. The number of hydrogen-bond acceptors (Lipinski definition) is 4. The lowest BCUT2D eigenvalue weighted by Crippen LogP contribution is -2.18. The van der Waals surface area contributed by atoms with Crippen LogP contribution < -0.4 is 4.74 Å². The van der Waals surface area contributed by atoms with Gasteiger partial charge in [0.1, 0.15) is 10.6 Å². The molecule has 96 valence electrons. The molecule has 4 nitrogen and oxygen atoms in total. The first kappa shape index (κ1) is 13.7. The molecule has 0 unspecified atom stereocenters. The molecule has 0 saturated heterocycles. The van der Waals surface area contributed by atoms with Crippen molar-refractivity contribution in [3.63, 3.8) is 0 Å². The summed E-state index contributed by atoms with van der Waals surface area (Å²) in [5.74, 6) is -2.70. The first-order valence-electron chi connectivity index (χ1n) is 4.30. The Morgan fingerprint density at radius 2 is 2.00 bits per heavy atom. The molecule has 0 atom stereocenters. The zero-order valence-corrected chi connectivity index (χ0v) is 9.27. The van der Waals surface area contributed by atoms with E-state index in [-0.39, 0.29) is 0 Å². The Balaban J connectivity index is 3.21. The molecule has 0 aliphatic carbocycles. The van der Waals surface area contributed by atoms with Gasteiger partial charge in [0.15, 0.2) is 9.84 Å². The lowest BCUT2D eigenvalue weighted by molar-refractivity contribution is -0.274. The molecule has 0 aliphatic heterocycles. The first-order valence-corrected chi connectivity index (χ1v) is 5.95. The topological polar surface area (TPSA) is 56.3 Å². The van der Waals surface area contributed by atoms with E-state index in [9.17, 15) is 26.0 Å². The van der Waals surface area contributed by atoms with Crippen LogP contribution in [-0.4, -0.2) is 25.5 Å². The summed E-state index contributed by atoms with van der Waals surface area (Å²) in [5, 5.41) is 0. The molecular weight excluding hydrogens is 266 g/mol. The number of halogens is 4. The molecule has 1 rings (SSSR count). The zero-order chi connectivity index (χ0) is 13.3. The van der Waals surface area contributed by atoms with Gasteiger partial charge >= 0.3 is 6.36 Å². The third kappa shape index (κ3) is 3.55. The Labute approximate surface area is 94.1 Å². The van der Waals surface area contributed by atoms with E-state index in [1.807, 2.05) is 0 Å². The number of aromatic nitrogens is 1. The fraction of sp³-hybridized carbons (Fsp3) is 0.375. The minimum Gasteiger partial charge on any atom is -0.404 e. The average Bonchev–Trinajstić information content (AvgIpc) is 2.18. The quantitative estimate of drug-likeness (QED) is 0.623. The Kier molecular flexibility index (Phi) is 3.60. The van der Waals surface area contributed by atoms with Gasteiger partial charge in [0.2, 0.25) is 5.95 Å². The van der Waals surface area contributed by atoms with Crippen LogP contribution in [0.5, 0.6) is 5.75 Å². The molecule has 0 amide bonds. The van der Waals surface area contributed by atoms with Gasteiger partial charge in [-0.2, -0.15) is 4.39 Å². The Hall–Kier alpha value is -1.38. The zero-order valence-electron chi connectivity index (χ0n) is 8.45. The van der Waals surface area contributed by atoms with Crippen LogP contribution >= 0.6 is 0 Å². The maximum atomic E-state index is 13.1. The van der Waals surface area contributed by atoms with Gasteiger partial charge in [0, 0.05) is 6.07 Å². The SMILES string of the molecule is CCS(=O)(=O)c1cc(OC(F)(F)F)cnc1F. The van der Waals surface area contributed by atoms with E-state index in [1.54, 1.807) is 0 Å². The lowest BCUT2D eigenvalue weighted by atomic mass is 10.4. The number of alkyl halides is 3. The highest BCUT2D eigenvalue weighted by Crippen LogP contribution is 2.25. The maximum absolute atomic E-state index is 13.1. The van der Waals surface area contributed by atoms with Crippen molar-refractivity contribution in [2.75, 3.05) is 5.75 Å². The summed E-state index contributed by atoms with van der Waals surface area (Å²) in [6, 6.07) is 0.453. The minimum atomic E-state index is -4.99. The molecular formula is C8H7F4NO3S. The van der Waals surface area contributed by atoms with Gasteiger partial charge in [-0.25, -0.2) is 13.4 Å². The van der Waals surface area contributed by atoms with Crippen molar-refractivity contribution >= 4 is 9.84 Å². The van der Waals surface area contributed by atoms with Crippen molar-refractivity contribution < 1.29 is 30.7 Å². The van der Waals surface area contributed by atoms with Crippen molar-refractivity contribution in [2.24, 2.45) is 0 Å². The van der Waals surface area contributed by atoms with E-state index >= 15 is 0 Å². The van der Waals surface area contributed by atoms with Crippen molar-refractivity contribution in [3.8, 4) is 5.75 Å². The normalized spacial score (nSPS) is 12.5. The van der Waals surface area contributed by atoms with Gasteiger partial charge in [-0.15, -0.1) is 13.2 Å². The number of sulfone groups is 1. The molecule has 0 N–H and O–H groups in total. The summed E-state index contributed by atoms with van der Waals surface area (Å²) in [4.78, 5) is 1.99. The Bertz CT molecular complexity index is 512. The average molecular weight is 273 g/mol. The summed E-state index contributed by atoms with van der Waals surface area (Å²) in [7, 11) is -3.99. The van der Waals surface area contributed by atoms with Crippen molar-refractivity contribution in [3.05, 3.63) is 18.2 Å². The molecule has 0 fully saturated rings. The van der Waals surface area contributed by atoms with Crippen LogP contribution in [0.3, 0.4) is 0 Å². The number of pyridine rings is 1.